The zero-order valence-electron chi connectivity index (χ0n) is 18.0. The van der Waals surface area contributed by atoms with Crippen molar-refractivity contribution in [3.05, 3.63) is 59.7 Å². The second kappa shape index (κ2) is 9.30. The standard InChI is InChI=1S/C24H31N3O3/c1-17-5-4-14-24(15-17,27(2)3)16-26-23(29)19-8-12-21(13-9-19)30-20-10-6-18(7-11-20)22(25)28/h6-13,17H,4-5,14-16H2,1-3H3,(H2,25,28)(H,26,29). The molecule has 1 aliphatic rings. The van der Waals surface area contributed by atoms with Crippen molar-refractivity contribution in [3.8, 4) is 11.5 Å². The number of benzene rings is 2. The number of rotatable bonds is 7. The number of primary amides is 1. The summed E-state index contributed by atoms with van der Waals surface area (Å²) in [5.74, 6) is 1.33. The Bertz CT molecular complexity index is 878. The number of nitrogens with zero attached hydrogens (tertiary/aromatic N) is 1. The quantitative estimate of drug-likeness (QED) is 0.728. The van der Waals surface area contributed by atoms with Gasteiger partial charge in [0.1, 0.15) is 11.5 Å². The molecule has 0 aromatic heterocycles. The first-order valence-corrected chi connectivity index (χ1v) is 10.4. The van der Waals surface area contributed by atoms with Crippen molar-refractivity contribution in [2.45, 2.75) is 38.1 Å². The zero-order chi connectivity index (χ0) is 21.7. The maximum atomic E-state index is 12.7. The SMILES string of the molecule is CC1CCCC(CNC(=O)c2ccc(Oc3ccc(C(N)=O)cc3)cc2)(N(C)C)C1. The Hall–Kier alpha value is -2.86. The van der Waals surface area contributed by atoms with E-state index in [1.54, 1.807) is 48.5 Å². The summed E-state index contributed by atoms with van der Waals surface area (Å²) in [5, 5.41) is 3.13. The Kier molecular flexibility index (Phi) is 6.77. The van der Waals surface area contributed by atoms with Crippen LogP contribution in [0.3, 0.4) is 0 Å². The van der Waals surface area contributed by atoms with Gasteiger partial charge >= 0.3 is 0 Å². The van der Waals surface area contributed by atoms with Crippen LogP contribution in [-0.2, 0) is 0 Å². The summed E-state index contributed by atoms with van der Waals surface area (Å²) in [6, 6.07) is 13.7. The van der Waals surface area contributed by atoms with Gasteiger partial charge in [-0.1, -0.05) is 19.8 Å². The molecule has 30 heavy (non-hydrogen) atoms. The fraction of sp³-hybridized carbons (Fsp3) is 0.417. The fourth-order valence-electron chi connectivity index (χ4n) is 4.20. The number of hydrogen-bond donors (Lipinski definition) is 2. The minimum absolute atomic E-state index is 0.0213. The normalized spacial score (nSPS) is 21.3. The largest absolute Gasteiger partial charge is 0.457 e. The average molecular weight is 410 g/mol. The van der Waals surface area contributed by atoms with Crippen molar-refractivity contribution in [3.63, 3.8) is 0 Å². The highest BCUT2D eigenvalue weighted by Crippen LogP contribution is 2.35. The lowest BCUT2D eigenvalue weighted by atomic mass is 9.75. The molecule has 0 spiro atoms. The Morgan fingerprint density at radius 1 is 1.07 bits per heavy atom. The molecule has 2 aromatic rings. The predicted octanol–water partition coefficient (Wildman–Crippen LogP) is 3.82. The number of carbonyl (C=O) groups excluding carboxylic acids is 2. The Balaban J connectivity index is 1.60. The lowest BCUT2D eigenvalue weighted by molar-refractivity contribution is 0.0675. The minimum atomic E-state index is -0.476. The van der Waals surface area contributed by atoms with Crippen LogP contribution in [0.2, 0.25) is 0 Å². The van der Waals surface area contributed by atoms with Gasteiger partial charge in [-0.2, -0.15) is 0 Å². The van der Waals surface area contributed by atoms with E-state index >= 15 is 0 Å². The summed E-state index contributed by atoms with van der Waals surface area (Å²) in [5.41, 5.74) is 6.30. The van der Waals surface area contributed by atoms with Crippen LogP contribution in [0.25, 0.3) is 0 Å². The second-order valence-corrected chi connectivity index (χ2v) is 8.52. The lowest BCUT2D eigenvalue weighted by Gasteiger charge is -2.45. The first kappa shape index (κ1) is 21.8. The van der Waals surface area contributed by atoms with E-state index in [4.69, 9.17) is 10.5 Å². The van der Waals surface area contributed by atoms with Crippen molar-refractivity contribution in [2.75, 3.05) is 20.6 Å². The van der Waals surface area contributed by atoms with Gasteiger partial charge in [-0.25, -0.2) is 0 Å². The van der Waals surface area contributed by atoms with Gasteiger partial charge in [-0.05, 0) is 81.4 Å². The summed E-state index contributed by atoms with van der Waals surface area (Å²) in [6.45, 7) is 2.94. The fourth-order valence-corrected chi connectivity index (χ4v) is 4.20. The zero-order valence-corrected chi connectivity index (χ0v) is 18.0. The molecule has 0 heterocycles. The molecule has 3 N–H and O–H groups in total. The molecule has 160 valence electrons. The monoisotopic (exact) mass is 409 g/mol. The van der Waals surface area contributed by atoms with E-state index in [2.05, 4.69) is 31.2 Å². The van der Waals surface area contributed by atoms with Crippen LogP contribution in [0.1, 0.15) is 53.3 Å². The Morgan fingerprint density at radius 2 is 1.63 bits per heavy atom. The molecule has 0 saturated heterocycles. The minimum Gasteiger partial charge on any atom is -0.457 e. The Morgan fingerprint density at radius 3 is 2.13 bits per heavy atom. The summed E-state index contributed by atoms with van der Waals surface area (Å²) in [4.78, 5) is 26.1. The van der Waals surface area contributed by atoms with Crippen molar-refractivity contribution < 1.29 is 14.3 Å². The molecular weight excluding hydrogens is 378 g/mol. The van der Waals surface area contributed by atoms with E-state index in [1.807, 2.05) is 0 Å². The number of nitrogens with one attached hydrogen (secondary N) is 1. The number of ether oxygens (including phenoxy) is 1. The third kappa shape index (κ3) is 5.19. The third-order valence-corrected chi connectivity index (χ3v) is 6.09. The molecule has 0 radical (unpaired) electrons. The Labute approximate surface area is 178 Å². The van der Waals surface area contributed by atoms with E-state index in [-0.39, 0.29) is 11.4 Å². The van der Waals surface area contributed by atoms with E-state index in [1.165, 1.54) is 12.8 Å². The van der Waals surface area contributed by atoms with E-state index in [0.29, 0.717) is 35.1 Å². The number of carbonyl (C=O) groups is 2. The van der Waals surface area contributed by atoms with Crippen LogP contribution >= 0.6 is 0 Å². The number of hydrogen-bond acceptors (Lipinski definition) is 4. The molecule has 2 amide bonds. The number of amides is 2. The molecule has 2 atom stereocenters. The smallest absolute Gasteiger partial charge is 0.251 e. The van der Waals surface area contributed by atoms with E-state index < -0.39 is 5.91 Å². The van der Waals surface area contributed by atoms with Crippen molar-refractivity contribution in [1.29, 1.82) is 0 Å². The number of likely N-dealkylation sites (N-methyl/N-ethyl adjacent to an activating group) is 1. The van der Waals surface area contributed by atoms with Gasteiger partial charge in [0.15, 0.2) is 0 Å². The van der Waals surface area contributed by atoms with Crippen LogP contribution in [0.4, 0.5) is 0 Å². The molecule has 3 rings (SSSR count). The van der Waals surface area contributed by atoms with Gasteiger partial charge < -0.3 is 20.7 Å². The highest BCUT2D eigenvalue weighted by Gasteiger charge is 2.37. The van der Waals surface area contributed by atoms with Gasteiger partial charge in [-0.3, -0.25) is 9.59 Å². The van der Waals surface area contributed by atoms with E-state index in [9.17, 15) is 9.59 Å². The highest BCUT2D eigenvalue weighted by atomic mass is 16.5. The molecule has 6 heteroatoms. The molecule has 2 aromatic carbocycles. The third-order valence-electron chi connectivity index (χ3n) is 6.09. The average Bonchev–Trinajstić information content (AvgIpc) is 2.73. The van der Waals surface area contributed by atoms with Crippen LogP contribution in [0.5, 0.6) is 11.5 Å². The number of nitrogens with two attached hydrogens (primary N) is 1. The van der Waals surface area contributed by atoms with E-state index in [0.717, 1.165) is 12.8 Å². The van der Waals surface area contributed by atoms with Crippen LogP contribution in [0, 0.1) is 5.92 Å². The molecule has 0 bridgehead atoms. The summed E-state index contributed by atoms with van der Waals surface area (Å²) >= 11 is 0. The topological polar surface area (TPSA) is 84.7 Å². The lowest BCUT2D eigenvalue weighted by Crippen LogP contribution is -2.55. The molecule has 1 fully saturated rings. The molecule has 6 nitrogen and oxygen atoms in total. The molecule has 1 aliphatic carbocycles. The maximum Gasteiger partial charge on any atom is 0.251 e. The molecule has 0 aliphatic heterocycles. The summed E-state index contributed by atoms with van der Waals surface area (Å²) in [6.07, 6.45) is 4.66. The maximum absolute atomic E-state index is 12.7. The van der Waals surface area contributed by atoms with Gasteiger partial charge in [0.2, 0.25) is 5.91 Å². The summed E-state index contributed by atoms with van der Waals surface area (Å²) in [7, 11) is 4.21. The van der Waals surface area contributed by atoms with Crippen molar-refractivity contribution in [1.82, 2.24) is 10.2 Å². The van der Waals surface area contributed by atoms with Crippen LogP contribution in [-0.4, -0.2) is 42.9 Å². The van der Waals surface area contributed by atoms with Crippen LogP contribution < -0.4 is 15.8 Å². The van der Waals surface area contributed by atoms with Gasteiger partial charge in [0.05, 0.1) is 0 Å². The first-order chi connectivity index (χ1) is 14.3. The molecular formula is C24H31N3O3. The second-order valence-electron chi connectivity index (χ2n) is 8.52. The van der Waals surface area contributed by atoms with Crippen molar-refractivity contribution >= 4 is 11.8 Å². The highest BCUT2D eigenvalue weighted by molar-refractivity contribution is 5.94. The van der Waals surface area contributed by atoms with Gasteiger partial charge in [0, 0.05) is 23.2 Å². The molecule has 1 saturated carbocycles. The molecule has 2 unspecified atom stereocenters. The van der Waals surface area contributed by atoms with Gasteiger partial charge in [-0.15, -0.1) is 0 Å². The van der Waals surface area contributed by atoms with Crippen molar-refractivity contribution in [2.24, 2.45) is 11.7 Å². The van der Waals surface area contributed by atoms with Gasteiger partial charge in [0.25, 0.3) is 5.91 Å². The predicted molar refractivity (Wildman–Crippen MR) is 118 cm³/mol. The first-order valence-electron chi connectivity index (χ1n) is 10.4. The van der Waals surface area contributed by atoms with Crippen LogP contribution in [0.15, 0.2) is 48.5 Å². The summed E-state index contributed by atoms with van der Waals surface area (Å²) < 4.78 is 5.77.